The zero-order valence-electron chi connectivity index (χ0n) is 16.0. The van der Waals surface area contributed by atoms with E-state index in [0.29, 0.717) is 27.6 Å². The maximum atomic E-state index is 12.8. The molecule has 0 amide bonds. The van der Waals surface area contributed by atoms with Crippen LogP contribution in [0.3, 0.4) is 0 Å². The highest BCUT2D eigenvalue weighted by Crippen LogP contribution is 2.40. The molecule has 0 fully saturated rings. The number of esters is 1. The van der Waals surface area contributed by atoms with Gasteiger partial charge in [-0.15, -0.1) is 0 Å². The molecule has 0 spiro atoms. The van der Waals surface area contributed by atoms with Gasteiger partial charge in [0.05, 0.1) is 23.3 Å². The number of aromatic nitrogens is 2. The maximum absolute atomic E-state index is 12.8. The Balaban J connectivity index is 2.12. The topological polar surface area (TPSA) is 78.1 Å². The Morgan fingerprint density at radius 3 is 2.61 bits per heavy atom. The zero-order chi connectivity index (χ0) is 19.8. The molecule has 0 unspecified atom stereocenters. The quantitative estimate of drug-likeness (QED) is 0.638. The first-order valence-corrected chi connectivity index (χ1v) is 9.93. The number of rotatable bonds is 3. The summed E-state index contributed by atoms with van der Waals surface area (Å²) in [6.07, 6.45) is 4.00. The third-order valence-electron chi connectivity index (χ3n) is 5.25. The number of nitrogens with two attached hydrogens (primary N) is 1. The van der Waals surface area contributed by atoms with E-state index in [2.05, 4.69) is 4.98 Å². The molecule has 1 aliphatic carbocycles. The Labute approximate surface area is 168 Å². The molecule has 2 heterocycles. The second-order valence-electron chi connectivity index (χ2n) is 7.03. The molecular weight excluding hydrogens is 374 g/mol. The van der Waals surface area contributed by atoms with Gasteiger partial charge in [0.25, 0.3) is 0 Å². The standard InChI is InChI=1S/C22H22ClN3O2/c1-3-28-22(27)17-12(2)25-21-19(18(17)13-8-10-14(23)11-9-13)20(24)15-6-4-5-7-16(15)26-21/h8-11H,3-7H2,1-2H3,(H2,24,25,26). The van der Waals surface area contributed by atoms with Crippen LogP contribution in [0.1, 0.15) is 47.1 Å². The van der Waals surface area contributed by atoms with Gasteiger partial charge in [-0.1, -0.05) is 23.7 Å². The van der Waals surface area contributed by atoms with E-state index in [1.165, 1.54) is 0 Å². The Bertz CT molecular complexity index is 1080. The Hall–Kier alpha value is -2.66. The van der Waals surface area contributed by atoms with Crippen LogP contribution in [0.5, 0.6) is 0 Å². The fourth-order valence-corrected chi connectivity index (χ4v) is 4.09. The van der Waals surface area contributed by atoms with Crippen molar-refractivity contribution in [2.24, 2.45) is 0 Å². The SMILES string of the molecule is CCOC(=O)c1c(C)nc2nc3c(c(N)c2c1-c1ccc(Cl)cc1)CCCC3. The Morgan fingerprint density at radius 1 is 1.18 bits per heavy atom. The number of carbonyl (C=O) groups excluding carboxylic acids is 1. The van der Waals surface area contributed by atoms with E-state index < -0.39 is 5.97 Å². The van der Waals surface area contributed by atoms with E-state index in [4.69, 9.17) is 27.1 Å². The minimum absolute atomic E-state index is 0.286. The number of halogens is 1. The molecule has 0 saturated heterocycles. The van der Waals surface area contributed by atoms with Crippen LogP contribution >= 0.6 is 11.6 Å². The van der Waals surface area contributed by atoms with Crippen molar-refractivity contribution in [3.05, 3.63) is 51.8 Å². The minimum Gasteiger partial charge on any atom is -0.462 e. The fourth-order valence-electron chi connectivity index (χ4n) is 3.96. The van der Waals surface area contributed by atoms with E-state index in [0.717, 1.165) is 53.5 Å². The van der Waals surface area contributed by atoms with Crippen LogP contribution in [0, 0.1) is 6.92 Å². The van der Waals surface area contributed by atoms with Gasteiger partial charge in [-0.2, -0.15) is 0 Å². The van der Waals surface area contributed by atoms with Gasteiger partial charge in [0.1, 0.15) is 0 Å². The summed E-state index contributed by atoms with van der Waals surface area (Å²) in [7, 11) is 0. The molecule has 6 heteroatoms. The lowest BCUT2D eigenvalue weighted by Gasteiger charge is -2.21. The first-order valence-electron chi connectivity index (χ1n) is 9.55. The molecule has 1 aromatic carbocycles. The van der Waals surface area contributed by atoms with E-state index in [-0.39, 0.29) is 6.61 Å². The van der Waals surface area contributed by atoms with Gasteiger partial charge in [-0.3, -0.25) is 0 Å². The highest BCUT2D eigenvalue weighted by Gasteiger charge is 2.26. The molecule has 2 N–H and O–H groups in total. The molecule has 3 aromatic rings. The normalized spacial score (nSPS) is 13.4. The summed E-state index contributed by atoms with van der Waals surface area (Å²) in [5.74, 6) is -0.406. The van der Waals surface area contributed by atoms with Gasteiger partial charge in [-0.25, -0.2) is 14.8 Å². The smallest absolute Gasteiger partial charge is 0.340 e. The summed E-state index contributed by atoms with van der Waals surface area (Å²) in [5.41, 5.74) is 12.6. The van der Waals surface area contributed by atoms with E-state index in [9.17, 15) is 4.79 Å². The summed E-state index contributed by atoms with van der Waals surface area (Å²) in [6.45, 7) is 3.88. The van der Waals surface area contributed by atoms with Gasteiger partial charge in [0.2, 0.25) is 0 Å². The predicted molar refractivity (Wildman–Crippen MR) is 112 cm³/mol. The number of ether oxygens (including phenoxy) is 1. The van der Waals surface area contributed by atoms with Gasteiger partial charge in [0, 0.05) is 22.0 Å². The molecule has 2 aromatic heterocycles. The van der Waals surface area contributed by atoms with Crippen LogP contribution in [0.25, 0.3) is 22.2 Å². The molecule has 0 radical (unpaired) electrons. The highest BCUT2D eigenvalue weighted by molar-refractivity contribution is 6.30. The van der Waals surface area contributed by atoms with Crippen molar-refractivity contribution in [2.45, 2.75) is 39.5 Å². The molecule has 0 atom stereocenters. The minimum atomic E-state index is -0.406. The van der Waals surface area contributed by atoms with Crippen LogP contribution in [0.4, 0.5) is 5.69 Å². The van der Waals surface area contributed by atoms with Gasteiger partial charge in [0.15, 0.2) is 5.65 Å². The molecule has 0 aliphatic heterocycles. The zero-order valence-corrected chi connectivity index (χ0v) is 16.8. The molecule has 28 heavy (non-hydrogen) atoms. The number of nitrogens with zero attached hydrogens (tertiary/aromatic N) is 2. The van der Waals surface area contributed by atoms with Crippen LogP contribution in [-0.2, 0) is 17.6 Å². The van der Waals surface area contributed by atoms with Crippen LogP contribution in [0.15, 0.2) is 24.3 Å². The molecule has 5 nitrogen and oxygen atoms in total. The van der Waals surface area contributed by atoms with E-state index in [1.807, 2.05) is 19.1 Å². The van der Waals surface area contributed by atoms with Crippen LogP contribution < -0.4 is 5.73 Å². The number of hydrogen-bond acceptors (Lipinski definition) is 5. The lowest BCUT2D eigenvalue weighted by atomic mass is 9.89. The second kappa shape index (κ2) is 7.40. The highest BCUT2D eigenvalue weighted by atomic mass is 35.5. The van der Waals surface area contributed by atoms with Gasteiger partial charge in [-0.05, 0) is 62.8 Å². The number of benzene rings is 1. The number of nitrogen functional groups attached to an aromatic ring is 1. The number of aryl methyl sites for hydroxylation is 2. The maximum Gasteiger partial charge on any atom is 0.340 e. The van der Waals surface area contributed by atoms with Crippen molar-refractivity contribution in [1.29, 1.82) is 0 Å². The molecule has 0 saturated carbocycles. The Morgan fingerprint density at radius 2 is 1.89 bits per heavy atom. The van der Waals surface area contributed by atoms with Crippen LogP contribution in [-0.4, -0.2) is 22.5 Å². The van der Waals surface area contributed by atoms with E-state index in [1.54, 1.807) is 19.1 Å². The van der Waals surface area contributed by atoms with Crippen molar-refractivity contribution in [3.8, 4) is 11.1 Å². The molecule has 4 rings (SSSR count). The number of carbonyl (C=O) groups is 1. The summed E-state index contributed by atoms with van der Waals surface area (Å²) < 4.78 is 5.33. The summed E-state index contributed by atoms with van der Waals surface area (Å²) in [4.78, 5) is 22.3. The first-order chi connectivity index (χ1) is 13.5. The van der Waals surface area contributed by atoms with Crippen LogP contribution in [0.2, 0.25) is 5.02 Å². The average molecular weight is 396 g/mol. The number of fused-ring (bicyclic) bond motifs is 2. The third kappa shape index (κ3) is 3.10. The first kappa shape index (κ1) is 18.7. The van der Waals surface area contributed by atoms with Gasteiger partial charge < -0.3 is 10.5 Å². The third-order valence-corrected chi connectivity index (χ3v) is 5.50. The van der Waals surface area contributed by atoms with Gasteiger partial charge >= 0.3 is 5.97 Å². The lowest BCUT2D eigenvalue weighted by Crippen LogP contribution is -2.14. The average Bonchev–Trinajstić information content (AvgIpc) is 2.68. The van der Waals surface area contributed by atoms with Crippen molar-refractivity contribution < 1.29 is 9.53 Å². The van der Waals surface area contributed by atoms with Crippen molar-refractivity contribution in [1.82, 2.24) is 9.97 Å². The van der Waals surface area contributed by atoms with Crippen molar-refractivity contribution >= 4 is 34.3 Å². The molecule has 144 valence electrons. The number of pyridine rings is 2. The number of anilines is 1. The second-order valence-corrected chi connectivity index (χ2v) is 7.47. The predicted octanol–water partition coefficient (Wildman–Crippen LogP) is 4.90. The largest absolute Gasteiger partial charge is 0.462 e. The number of hydrogen-bond donors (Lipinski definition) is 1. The fraction of sp³-hybridized carbons (Fsp3) is 0.318. The summed E-state index contributed by atoms with van der Waals surface area (Å²) >= 11 is 6.09. The molecule has 1 aliphatic rings. The molecular formula is C22H22ClN3O2. The van der Waals surface area contributed by atoms with Crippen molar-refractivity contribution in [2.75, 3.05) is 12.3 Å². The van der Waals surface area contributed by atoms with E-state index >= 15 is 0 Å². The lowest BCUT2D eigenvalue weighted by molar-refractivity contribution is 0.0526. The summed E-state index contributed by atoms with van der Waals surface area (Å²) in [5, 5.41) is 1.34. The van der Waals surface area contributed by atoms with Crippen molar-refractivity contribution in [3.63, 3.8) is 0 Å². The Kier molecular flexibility index (Phi) is 4.94. The molecule has 0 bridgehead atoms. The summed E-state index contributed by atoms with van der Waals surface area (Å²) in [6, 6.07) is 7.38. The monoisotopic (exact) mass is 395 g/mol.